The first-order chi connectivity index (χ1) is 11.3. The number of piperidine rings is 1. The third kappa shape index (κ3) is 3.26. The Kier molecular flexibility index (Phi) is 4.31. The zero-order valence-electron chi connectivity index (χ0n) is 13.6. The number of hydrogen-bond acceptors (Lipinski definition) is 6. The summed E-state index contributed by atoms with van der Waals surface area (Å²) in [6, 6.07) is 0. The van der Waals surface area contributed by atoms with Gasteiger partial charge in [0.1, 0.15) is 0 Å². The highest BCUT2D eigenvalue weighted by atomic mass is 16.7. The maximum absolute atomic E-state index is 5.91. The molecule has 0 N–H and O–H groups in total. The van der Waals surface area contributed by atoms with E-state index in [1.807, 2.05) is 4.68 Å². The van der Waals surface area contributed by atoms with Gasteiger partial charge >= 0.3 is 0 Å². The molecule has 3 aliphatic rings. The lowest BCUT2D eigenvalue weighted by atomic mass is 10.00. The average molecular weight is 319 g/mol. The molecule has 3 heterocycles. The van der Waals surface area contributed by atoms with E-state index in [1.54, 1.807) is 0 Å². The summed E-state index contributed by atoms with van der Waals surface area (Å²) in [5.41, 5.74) is 1.46. The van der Waals surface area contributed by atoms with Gasteiger partial charge in [0.05, 0.1) is 19.8 Å². The number of tetrazole rings is 1. The summed E-state index contributed by atoms with van der Waals surface area (Å²) in [5, 5.41) is 12.4. The van der Waals surface area contributed by atoms with Crippen LogP contribution in [0.25, 0.3) is 0 Å². The first kappa shape index (κ1) is 15.1. The number of ether oxygens (including phenoxy) is 2. The lowest BCUT2D eigenvalue weighted by Gasteiger charge is -2.43. The monoisotopic (exact) mass is 319 g/mol. The van der Waals surface area contributed by atoms with Gasteiger partial charge in [0, 0.05) is 25.9 Å². The fraction of sp³-hybridized carbons (Fsp3) is 0.812. The van der Waals surface area contributed by atoms with Gasteiger partial charge in [-0.3, -0.25) is 0 Å². The molecule has 2 saturated heterocycles. The van der Waals surface area contributed by atoms with Gasteiger partial charge in [-0.25, -0.2) is 4.68 Å². The van der Waals surface area contributed by atoms with Crippen LogP contribution < -0.4 is 4.90 Å². The van der Waals surface area contributed by atoms with Crippen LogP contribution in [0.2, 0.25) is 0 Å². The van der Waals surface area contributed by atoms with Crippen molar-refractivity contribution in [3.05, 3.63) is 11.6 Å². The van der Waals surface area contributed by atoms with Gasteiger partial charge in [-0.1, -0.05) is 16.7 Å². The van der Waals surface area contributed by atoms with Crippen LogP contribution in [-0.4, -0.2) is 52.3 Å². The molecule has 1 aromatic heterocycles. The quantitative estimate of drug-likeness (QED) is 0.793. The summed E-state index contributed by atoms with van der Waals surface area (Å²) in [5.74, 6) is 0.515. The summed E-state index contributed by atoms with van der Waals surface area (Å²) < 4.78 is 13.8. The minimum absolute atomic E-state index is 0.362. The summed E-state index contributed by atoms with van der Waals surface area (Å²) in [6.07, 6.45) is 10.1. The Morgan fingerprint density at radius 2 is 1.91 bits per heavy atom. The summed E-state index contributed by atoms with van der Waals surface area (Å²) >= 11 is 0. The van der Waals surface area contributed by atoms with Gasteiger partial charge in [-0.05, 0) is 42.5 Å². The van der Waals surface area contributed by atoms with Crippen LogP contribution in [0, 0.1) is 0 Å². The van der Waals surface area contributed by atoms with E-state index in [0.717, 1.165) is 58.1 Å². The first-order valence-corrected chi connectivity index (χ1v) is 8.82. The largest absolute Gasteiger partial charge is 0.350 e. The highest BCUT2D eigenvalue weighted by Gasteiger charge is 2.39. The molecule has 0 aromatic carbocycles. The lowest BCUT2D eigenvalue weighted by molar-refractivity contribution is -0.275. The van der Waals surface area contributed by atoms with Crippen molar-refractivity contribution in [2.75, 3.05) is 31.2 Å². The number of aromatic nitrogens is 4. The van der Waals surface area contributed by atoms with Gasteiger partial charge in [0.25, 0.3) is 0 Å². The molecule has 7 nitrogen and oxygen atoms in total. The number of anilines is 1. The standard InChI is InChI=1S/C16H25N5O2/c1-2-5-14(6-3-1)13-21-15(17-18-19-21)20-9-7-16(8-10-20)22-11-4-12-23-16/h5H,1-4,6-13H2. The van der Waals surface area contributed by atoms with E-state index >= 15 is 0 Å². The van der Waals surface area contributed by atoms with E-state index in [4.69, 9.17) is 9.47 Å². The fourth-order valence-corrected chi connectivity index (χ4v) is 3.72. The van der Waals surface area contributed by atoms with E-state index in [1.165, 1.54) is 31.3 Å². The van der Waals surface area contributed by atoms with Crippen molar-refractivity contribution in [1.29, 1.82) is 0 Å². The average Bonchev–Trinajstić information content (AvgIpc) is 3.05. The Hall–Kier alpha value is -1.47. The number of hydrogen-bond donors (Lipinski definition) is 0. The van der Waals surface area contributed by atoms with E-state index in [-0.39, 0.29) is 5.79 Å². The molecule has 7 heteroatoms. The third-order valence-corrected chi connectivity index (χ3v) is 5.08. The Morgan fingerprint density at radius 3 is 2.65 bits per heavy atom. The van der Waals surface area contributed by atoms with Crippen molar-refractivity contribution in [1.82, 2.24) is 20.2 Å². The summed E-state index contributed by atoms with van der Waals surface area (Å²) in [4.78, 5) is 2.26. The normalized spacial score (nSPS) is 24.7. The van der Waals surface area contributed by atoms with Crippen LogP contribution in [0.15, 0.2) is 11.6 Å². The molecule has 2 aliphatic heterocycles. The van der Waals surface area contributed by atoms with Gasteiger partial charge in [-0.15, -0.1) is 0 Å². The molecular formula is C16H25N5O2. The molecule has 0 atom stereocenters. The second kappa shape index (κ2) is 6.57. The Bertz CT molecular complexity index is 555. The molecule has 4 rings (SSSR count). The SMILES string of the molecule is C1=C(Cn2nnnc2N2CCC3(CC2)OCCCO3)CCCC1. The molecule has 1 spiro atoms. The fourth-order valence-electron chi connectivity index (χ4n) is 3.72. The molecule has 1 aliphatic carbocycles. The Balaban J connectivity index is 1.41. The zero-order chi connectivity index (χ0) is 15.5. The second-order valence-electron chi connectivity index (χ2n) is 6.69. The van der Waals surface area contributed by atoms with Crippen LogP contribution in [0.1, 0.15) is 44.9 Å². The number of allylic oxidation sites excluding steroid dienone is 2. The van der Waals surface area contributed by atoms with Gasteiger partial charge < -0.3 is 14.4 Å². The highest BCUT2D eigenvalue weighted by Crippen LogP contribution is 2.32. The van der Waals surface area contributed by atoms with Crippen LogP contribution in [0.4, 0.5) is 5.95 Å². The Morgan fingerprint density at radius 1 is 1.09 bits per heavy atom. The Labute approximate surface area is 136 Å². The zero-order valence-corrected chi connectivity index (χ0v) is 13.6. The highest BCUT2D eigenvalue weighted by molar-refractivity contribution is 5.30. The van der Waals surface area contributed by atoms with Crippen LogP contribution in [0.3, 0.4) is 0 Å². The predicted octanol–water partition coefficient (Wildman–Crippen LogP) is 1.91. The van der Waals surface area contributed by atoms with Crippen molar-refractivity contribution in [2.24, 2.45) is 0 Å². The predicted molar refractivity (Wildman–Crippen MR) is 85.1 cm³/mol. The molecule has 0 saturated carbocycles. The van der Waals surface area contributed by atoms with Crippen molar-refractivity contribution >= 4 is 5.95 Å². The molecule has 0 bridgehead atoms. The third-order valence-electron chi connectivity index (χ3n) is 5.08. The number of nitrogens with zero attached hydrogens (tertiary/aromatic N) is 5. The van der Waals surface area contributed by atoms with E-state index < -0.39 is 0 Å². The van der Waals surface area contributed by atoms with Crippen LogP contribution >= 0.6 is 0 Å². The summed E-state index contributed by atoms with van der Waals surface area (Å²) in [7, 11) is 0. The minimum atomic E-state index is -0.362. The minimum Gasteiger partial charge on any atom is -0.350 e. The molecule has 0 unspecified atom stereocenters. The van der Waals surface area contributed by atoms with Crippen LogP contribution in [0.5, 0.6) is 0 Å². The van der Waals surface area contributed by atoms with E-state index in [9.17, 15) is 0 Å². The lowest BCUT2D eigenvalue weighted by Crippen LogP contribution is -2.50. The topological polar surface area (TPSA) is 65.3 Å². The van der Waals surface area contributed by atoms with Gasteiger partial charge in [-0.2, -0.15) is 0 Å². The molecule has 23 heavy (non-hydrogen) atoms. The van der Waals surface area contributed by atoms with Crippen molar-refractivity contribution < 1.29 is 9.47 Å². The van der Waals surface area contributed by atoms with E-state index in [2.05, 4.69) is 26.5 Å². The van der Waals surface area contributed by atoms with Gasteiger partial charge in [0.15, 0.2) is 5.79 Å². The second-order valence-corrected chi connectivity index (χ2v) is 6.69. The smallest absolute Gasteiger partial charge is 0.245 e. The summed E-state index contributed by atoms with van der Waals surface area (Å²) in [6.45, 7) is 4.19. The maximum Gasteiger partial charge on any atom is 0.245 e. The molecule has 0 amide bonds. The van der Waals surface area contributed by atoms with Gasteiger partial charge in [0.2, 0.25) is 5.95 Å². The molecular weight excluding hydrogens is 294 g/mol. The van der Waals surface area contributed by atoms with E-state index in [0.29, 0.717) is 0 Å². The molecule has 0 radical (unpaired) electrons. The van der Waals surface area contributed by atoms with Crippen molar-refractivity contribution in [3.63, 3.8) is 0 Å². The molecule has 1 aromatic rings. The first-order valence-electron chi connectivity index (χ1n) is 8.82. The number of rotatable bonds is 3. The van der Waals surface area contributed by atoms with Crippen molar-refractivity contribution in [3.8, 4) is 0 Å². The molecule has 2 fully saturated rings. The van der Waals surface area contributed by atoms with Crippen molar-refractivity contribution in [2.45, 2.75) is 57.3 Å². The van der Waals surface area contributed by atoms with Crippen LogP contribution in [-0.2, 0) is 16.0 Å². The maximum atomic E-state index is 5.91. The molecule has 126 valence electrons.